The fraction of sp³-hybridized carbons (Fsp3) is 0.0370. The van der Waals surface area contributed by atoms with Gasteiger partial charge in [0, 0.05) is 17.5 Å². The molecule has 3 nitrogen and oxygen atoms in total. The van der Waals surface area contributed by atoms with Gasteiger partial charge in [0.1, 0.15) is 0 Å². The molecule has 31 heavy (non-hydrogen) atoms. The maximum absolute atomic E-state index is 12.2. The summed E-state index contributed by atoms with van der Waals surface area (Å²) in [4.78, 5) is 2.59. The molecule has 0 aromatic heterocycles. The Morgan fingerprint density at radius 1 is 0.613 bits per heavy atom. The molecule has 0 atom stereocenters. The van der Waals surface area contributed by atoms with Crippen molar-refractivity contribution in [1.82, 2.24) is 0 Å². The molecule has 4 heteroatoms. The zero-order valence-corrected chi connectivity index (χ0v) is 17.9. The van der Waals surface area contributed by atoms with Crippen molar-refractivity contribution in [2.45, 2.75) is 4.90 Å². The molecule has 1 heterocycles. The quantitative estimate of drug-likeness (QED) is 0.324. The molecule has 0 spiro atoms. The van der Waals surface area contributed by atoms with E-state index in [0.29, 0.717) is 4.90 Å². The first-order valence-electron chi connectivity index (χ1n) is 10.1. The molecule has 0 amide bonds. The third kappa shape index (κ3) is 3.56. The van der Waals surface area contributed by atoms with E-state index >= 15 is 0 Å². The Balaban J connectivity index is 1.64. The Morgan fingerprint density at radius 2 is 1.13 bits per heavy atom. The summed E-state index contributed by atoms with van der Waals surface area (Å²) in [5.41, 5.74) is 7.11. The number of hydrogen-bond donors (Lipinski definition) is 0. The summed E-state index contributed by atoms with van der Waals surface area (Å²) in [6, 6.07) is 31.9. The van der Waals surface area contributed by atoms with E-state index in [1.54, 1.807) is 12.1 Å². The minimum atomic E-state index is -3.32. The van der Waals surface area contributed by atoms with E-state index in [0.717, 1.165) is 39.3 Å². The van der Waals surface area contributed by atoms with Crippen LogP contribution in [-0.4, -0.2) is 14.7 Å². The van der Waals surface area contributed by atoms with Gasteiger partial charge in [-0.1, -0.05) is 78.9 Å². The summed E-state index contributed by atoms with van der Waals surface area (Å²) < 4.78 is 24.5. The first-order chi connectivity index (χ1) is 15.0. The van der Waals surface area contributed by atoms with E-state index in [1.165, 1.54) is 6.26 Å². The number of sulfone groups is 1. The van der Waals surface area contributed by atoms with Crippen molar-refractivity contribution in [1.29, 1.82) is 0 Å². The van der Waals surface area contributed by atoms with Crippen LogP contribution < -0.4 is 4.90 Å². The SMILES string of the molecule is CS(=O)(=O)c1ccccc1-c1ccc(N2c3ccccc3C=Cc3ccccc32)cc1. The van der Waals surface area contributed by atoms with E-state index in [4.69, 9.17) is 0 Å². The summed E-state index contributed by atoms with van der Waals surface area (Å²) in [7, 11) is -3.32. The highest BCUT2D eigenvalue weighted by Gasteiger charge is 2.20. The molecule has 0 aliphatic carbocycles. The molecule has 1 aliphatic rings. The maximum Gasteiger partial charge on any atom is 0.176 e. The highest BCUT2D eigenvalue weighted by molar-refractivity contribution is 7.90. The number of benzene rings is 4. The van der Waals surface area contributed by atoms with Gasteiger partial charge in [-0.05, 0) is 47.0 Å². The lowest BCUT2D eigenvalue weighted by atomic mass is 10.0. The largest absolute Gasteiger partial charge is 0.309 e. The van der Waals surface area contributed by atoms with Crippen LogP contribution in [0.25, 0.3) is 23.3 Å². The third-order valence-corrected chi connectivity index (χ3v) is 6.68. The predicted octanol–water partition coefficient (Wildman–Crippen LogP) is 6.71. The molecule has 0 fully saturated rings. The summed E-state index contributed by atoms with van der Waals surface area (Å²) in [5, 5.41) is 0. The van der Waals surface area contributed by atoms with Gasteiger partial charge in [0.25, 0.3) is 0 Å². The van der Waals surface area contributed by atoms with Crippen molar-refractivity contribution >= 4 is 39.1 Å². The lowest BCUT2D eigenvalue weighted by molar-refractivity contribution is 0.602. The topological polar surface area (TPSA) is 37.4 Å². The van der Waals surface area contributed by atoms with E-state index < -0.39 is 9.84 Å². The molecule has 0 bridgehead atoms. The summed E-state index contributed by atoms with van der Waals surface area (Å²) >= 11 is 0. The first-order valence-corrected chi connectivity index (χ1v) is 12.0. The highest BCUT2D eigenvalue weighted by atomic mass is 32.2. The second kappa shape index (κ2) is 7.56. The third-order valence-electron chi connectivity index (χ3n) is 5.52. The van der Waals surface area contributed by atoms with Crippen LogP contribution in [0.2, 0.25) is 0 Å². The Hall–Kier alpha value is -3.63. The van der Waals surface area contributed by atoms with Crippen molar-refractivity contribution in [3.8, 4) is 11.1 Å². The normalized spacial score (nSPS) is 12.7. The molecule has 1 aliphatic heterocycles. The van der Waals surface area contributed by atoms with E-state index in [-0.39, 0.29) is 0 Å². The minimum Gasteiger partial charge on any atom is -0.309 e. The molecule has 4 aromatic carbocycles. The van der Waals surface area contributed by atoms with Gasteiger partial charge >= 0.3 is 0 Å². The van der Waals surface area contributed by atoms with Gasteiger partial charge in [-0.3, -0.25) is 0 Å². The Kier molecular flexibility index (Phi) is 4.72. The lowest BCUT2D eigenvalue weighted by Gasteiger charge is -2.27. The van der Waals surface area contributed by atoms with E-state index in [1.807, 2.05) is 60.7 Å². The highest BCUT2D eigenvalue weighted by Crippen LogP contribution is 2.42. The van der Waals surface area contributed by atoms with E-state index in [2.05, 4.69) is 41.3 Å². The Morgan fingerprint density at radius 3 is 1.71 bits per heavy atom. The van der Waals surface area contributed by atoms with Crippen molar-refractivity contribution < 1.29 is 8.42 Å². The molecule has 5 rings (SSSR count). The van der Waals surface area contributed by atoms with Crippen LogP contribution in [-0.2, 0) is 9.84 Å². The standard InChI is InChI=1S/C27H21NO2S/c1-31(29,30)27-13-7-4-10-24(27)20-16-18-23(19-17-20)28-25-11-5-2-8-21(25)14-15-22-9-3-6-12-26(22)28/h2-19H,1H3. The molecule has 0 saturated heterocycles. The zero-order valence-electron chi connectivity index (χ0n) is 17.1. The summed E-state index contributed by atoms with van der Waals surface area (Å²) in [5.74, 6) is 0. The van der Waals surface area contributed by atoms with Crippen molar-refractivity contribution in [3.05, 3.63) is 108 Å². The van der Waals surface area contributed by atoms with Crippen LogP contribution in [0.1, 0.15) is 11.1 Å². The maximum atomic E-state index is 12.2. The average Bonchev–Trinajstić information content (AvgIpc) is 2.96. The second-order valence-electron chi connectivity index (χ2n) is 7.60. The molecular formula is C27H21NO2S. The molecule has 4 aromatic rings. The minimum absolute atomic E-state index is 0.345. The summed E-state index contributed by atoms with van der Waals surface area (Å²) in [6.45, 7) is 0. The van der Waals surface area contributed by atoms with Gasteiger partial charge in [-0.25, -0.2) is 8.42 Å². The van der Waals surface area contributed by atoms with Crippen LogP contribution in [0, 0.1) is 0 Å². The molecular weight excluding hydrogens is 402 g/mol. The number of hydrogen-bond acceptors (Lipinski definition) is 3. The molecule has 152 valence electrons. The lowest BCUT2D eigenvalue weighted by Crippen LogP contribution is -2.11. The second-order valence-corrected chi connectivity index (χ2v) is 9.59. The van der Waals surface area contributed by atoms with Gasteiger partial charge in [0.15, 0.2) is 9.84 Å². The molecule has 0 unspecified atom stereocenters. The van der Waals surface area contributed by atoms with Crippen molar-refractivity contribution in [2.24, 2.45) is 0 Å². The van der Waals surface area contributed by atoms with Crippen LogP contribution in [0.15, 0.2) is 102 Å². The van der Waals surface area contributed by atoms with Crippen LogP contribution in [0.5, 0.6) is 0 Å². The molecule has 0 N–H and O–H groups in total. The first kappa shape index (κ1) is 19.3. The van der Waals surface area contributed by atoms with Crippen LogP contribution in [0.3, 0.4) is 0 Å². The van der Waals surface area contributed by atoms with Crippen molar-refractivity contribution in [3.63, 3.8) is 0 Å². The fourth-order valence-corrected chi connectivity index (χ4v) is 4.98. The van der Waals surface area contributed by atoms with Gasteiger partial charge in [-0.2, -0.15) is 0 Å². The number of rotatable bonds is 3. The number of nitrogens with zero attached hydrogens (tertiary/aromatic N) is 1. The van der Waals surface area contributed by atoms with Gasteiger partial charge in [0.2, 0.25) is 0 Å². The summed E-state index contributed by atoms with van der Waals surface area (Å²) in [6.07, 6.45) is 5.54. The van der Waals surface area contributed by atoms with Crippen LogP contribution >= 0.6 is 0 Å². The zero-order chi connectivity index (χ0) is 21.4. The van der Waals surface area contributed by atoms with Gasteiger partial charge < -0.3 is 4.90 Å². The van der Waals surface area contributed by atoms with E-state index in [9.17, 15) is 8.42 Å². The fourth-order valence-electron chi connectivity index (χ4n) is 4.07. The smallest absolute Gasteiger partial charge is 0.176 e. The number of anilines is 3. The van der Waals surface area contributed by atoms with Gasteiger partial charge in [-0.15, -0.1) is 0 Å². The molecule has 0 saturated carbocycles. The predicted molar refractivity (Wildman–Crippen MR) is 129 cm³/mol. The number of fused-ring (bicyclic) bond motifs is 2. The monoisotopic (exact) mass is 423 g/mol. The Labute approximate surface area is 182 Å². The van der Waals surface area contributed by atoms with Crippen LogP contribution in [0.4, 0.5) is 17.1 Å². The average molecular weight is 424 g/mol. The Bertz CT molecular complexity index is 1350. The van der Waals surface area contributed by atoms with Crippen molar-refractivity contribution in [2.75, 3.05) is 11.2 Å². The van der Waals surface area contributed by atoms with Gasteiger partial charge in [0.05, 0.1) is 16.3 Å². The molecule has 0 radical (unpaired) electrons. The number of para-hydroxylation sites is 2.